The largest absolute Gasteiger partial charge is 0.444 e. The molecule has 1 saturated carbocycles. The van der Waals surface area contributed by atoms with Gasteiger partial charge in [0.05, 0.1) is 5.92 Å². The van der Waals surface area contributed by atoms with Gasteiger partial charge in [0.15, 0.2) is 0 Å². The molecule has 6 nitrogen and oxygen atoms in total. The molecule has 1 rings (SSSR count). The van der Waals surface area contributed by atoms with Crippen molar-refractivity contribution in [1.29, 1.82) is 0 Å². The summed E-state index contributed by atoms with van der Waals surface area (Å²) in [7, 11) is 0. The van der Waals surface area contributed by atoms with Crippen LogP contribution in [-0.2, 0) is 4.74 Å². The minimum absolute atomic E-state index is 0.0347. The summed E-state index contributed by atoms with van der Waals surface area (Å²) in [5.41, 5.74) is -0.532. The number of amides is 1. The highest BCUT2D eigenvalue weighted by Crippen LogP contribution is 2.32. The van der Waals surface area contributed by atoms with Gasteiger partial charge in [-0.05, 0) is 20.8 Å². The fourth-order valence-electron chi connectivity index (χ4n) is 1.24. The first kappa shape index (κ1) is 11.7. The van der Waals surface area contributed by atoms with Crippen LogP contribution in [0.2, 0.25) is 0 Å². The third-order valence-electron chi connectivity index (χ3n) is 2.06. The molecule has 0 spiro atoms. The molecule has 0 aliphatic heterocycles. The smallest absolute Gasteiger partial charge is 0.407 e. The number of hydrogen-bond donors (Lipinski definition) is 1. The quantitative estimate of drug-likeness (QED) is 0.567. The van der Waals surface area contributed by atoms with E-state index in [1.54, 1.807) is 20.8 Å². The second-order valence-electron chi connectivity index (χ2n) is 4.73. The predicted octanol–water partition coefficient (Wildman–Crippen LogP) is 1.18. The molecule has 1 aliphatic rings. The van der Waals surface area contributed by atoms with Gasteiger partial charge in [-0.15, -0.1) is 0 Å². The normalized spacial score (nSPS) is 24.5. The molecule has 0 saturated heterocycles. The first-order valence-electron chi connectivity index (χ1n) is 4.90. The Bertz CT molecular complexity index is 272. The summed E-state index contributed by atoms with van der Waals surface area (Å²) in [5.74, 6) is -0.0347. The first-order valence-corrected chi connectivity index (χ1v) is 4.90. The summed E-state index contributed by atoms with van der Waals surface area (Å²) >= 11 is 0. The summed E-state index contributed by atoms with van der Waals surface area (Å²) in [5, 5.41) is 12.8. The lowest BCUT2D eigenvalue weighted by molar-refractivity contribution is -0.498. The van der Waals surface area contributed by atoms with Gasteiger partial charge in [-0.3, -0.25) is 10.1 Å². The van der Waals surface area contributed by atoms with Crippen molar-refractivity contribution in [1.82, 2.24) is 5.32 Å². The molecule has 0 unspecified atom stereocenters. The Hall–Kier alpha value is -1.33. The predicted molar refractivity (Wildman–Crippen MR) is 53.1 cm³/mol. The summed E-state index contributed by atoms with van der Waals surface area (Å²) in [6.07, 6.45) is 0.0273. The zero-order valence-corrected chi connectivity index (χ0v) is 9.15. The Morgan fingerprint density at radius 2 is 2.20 bits per heavy atom. The molecule has 15 heavy (non-hydrogen) atoms. The minimum Gasteiger partial charge on any atom is -0.444 e. The maximum absolute atomic E-state index is 11.2. The van der Waals surface area contributed by atoms with Crippen molar-refractivity contribution in [2.24, 2.45) is 5.92 Å². The van der Waals surface area contributed by atoms with Crippen molar-refractivity contribution in [3.8, 4) is 0 Å². The van der Waals surface area contributed by atoms with E-state index in [0.29, 0.717) is 13.0 Å². The summed E-state index contributed by atoms with van der Waals surface area (Å²) in [6.45, 7) is 5.62. The number of rotatable bonds is 3. The van der Waals surface area contributed by atoms with Gasteiger partial charge in [0.25, 0.3) is 0 Å². The van der Waals surface area contributed by atoms with E-state index in [1.165, 1.54) is 0 Å². The van der Waals surface area contributed by atoms with Crippen LogP contribution >= 0.6 is 0 Å². The molecule has 1 fully saturated rings. The number of carbonyl (C=O) groups is 1. The summed E-state index contributed by atoms with van der Waals surface area (Å²) in [4.78, 5) is 21.2. The van der Waals surface area contributed by atoms with Crippen LogP contribution in [0.3, 0.4) is 0 Å². The molecule has 0 aromatic heterocycles. The number of nitrogens with zero attached hydrogens (tertiary/aromatic N) is 1. The van der Waals surface area contributed by atoms with Crippen LogP contribution in [0.15, 0.2) is 0 Å². The highest BCUT2D eigenvalue weighted by molar-refractivity contribution is 5.67. The van der Waals surface area contributed by atoms with E-state index in [0.717, 1.165) is 0 Å². The summed E-state index contributed by atoms with van der Waals surface area (Å²) in [6, 6.07) is -0.486. The van der Waals surface area contributed by atoms with E-state index >= 15 is 0 Å². The molecule has 6 heteroatoms. The molecule has 0 aromatic carbocycles. The van der Waals surface area contributed by atoms with E-state index in [4.69, 9.17) is 4.74 Å². The first-order chi connectivity index (χ1) is 6.79. The number of hydrogen-bond acceptors (Lipinski definition) is 4. The SMILES string of the molecule is CC(C)(C)OC(=O)NC[C@@H]1C[C@H]1[N+](=O)[O-]. The zero-order valence-electron chi connectivity index (χ0n) is 9.15. The monoisotopic (exact) mass is 216 g/mol. The molecule has 86 valence electrons. The average Bonchev–Trinajstić information content (AvgIpc) is 2.75. The van der Waals surface area contributed by atoms with Gasteiger partial charge in [0.2, 0.25) is 6.04 Å². The van der Waals surface area contributed by atoms with E-state index in [2.05, 4.69) is 5.32 Å². The molecular weight excluding hydrogens is 200 g/mol. The second kappa shape index (κ2) is 4.04. The minimum atomic E-state index is -0.532. The van der Waals surface area contributed by atoms with Gasteiger partial charge in [-0.2, -0.15) is 0 Å². The van der Waals surface area contributed by atoms with Crippen molar-refractivity contribution in [3.05, 3.63) is 10.1 Å². The van der Waals surface area contributed by atoms with Gasteiger partial charge >= 0.3 is 6.09 Å². The third-order valence-corrected chi connectivity index (χ3v) is 2.06. The van der Waals surface area contributed by atoms with Gasteiger partial charge in [0, 0.05) is 17.9 Å². The van der Waals surface area contributed by atoms with E-state index in [-0.39, 0.29) is 10.8 Å². The van der Waals surface area contributed by atoms with E-state index < -0.39 is 17.7 Å². The molecular formula is C9H16N2O4. The Morgan fingerprint density at radius 1 is 1.60 bits per heavy atom. The molecule has 1 amide bonds. The maximum atomic E-state index is 11.2. The number of carbonyl (C=O) groups excluding carboxylic acids is 1. The molecule has 2 atom stereocenters. The molecule has 0 bridgehead atoms. The number of nitrogens with one attached hydrogen (secondary N) is 1. The van der Waals surface area contributed by atoms with Crippen molar-refractivity contribution >= 4 is 6.09 Å². The second-order valence-corrected chi connectivity index (χ2v) is 4.73. The van der Waals surface area contributed by atoms with E-state index in [1.807, 2.05) is 0 Å². The molecule has 1 aliphatic carbocycles. The highest BCUT2D eigenvalue weighted by atomic mass is 16.6. The lowest BCUT2D eigenvalue weighted by Crippen LogP contribution is -2.34. The van der Waals surface area contributed by atoms with Crippen molar-refractivity contribution in [3.63, 3.8) is 0 Å². The average molecular weight is 216 g/mol. The Balaban J connectivity index is 2.17. The van der Waals surface area contributed by atoms with Crippen LogP contribution in [0.5, 0.6) is 0 Å². The number of ether oxygens (including phenoxy) is 1. The van der Waals surface area contributed by atoms with Crippen LogP contribution < -0.4 is 5.32 Å². The van der Waals surface area contributed by atoms with Crippen LogP contribution in [-0.4, -0.2) is 29.2 Å². The van der Waals surface area contributed by atoms with Crippen LogP contribution in [0.25, 0.3) is 0 Å². The fraction of sp³-hybridized carbons (Fsp3) is 0.889. The summed E-state index contributed by atoms with van der Waals surface area (Å²) < 4.78 is 4.99. The lowest BCUT2D eigenvalue weighted by Gasteiger charge is -2.19. The van der Waals surface area contributed by atoms with Crippen molar-refractivity contribution in [2.45, 2.75) is 38.8 Å². The van der Waals surface area contributed by atoms with Crippen LogP contribution in [0.4, 0.5) is 4.79 Å². The van der Waals surface area contributed by atoms with Gasteiger partial charge < -0.3 is 10.1 Å². The van der Waals surface area contributed by atoms with Crippen molar-refractivity contribution in [2.75, 3.05) is 6.54 Å². The van der Waals surface area contributed by atoms with Gasteiger partial charge in [0.1, 0.15) is 5.60 Å². The van der Waals surface area contributed by atoms with E-state index in [9.17, 15) is 14.9 Å². The fourth-order valence-corrected chi connectivity index (χ4v) is 1.24. The third kappa shape index (κ3) is 4.14. The standard InChI is InChI=1S/C9H16N2O4/c1-9(2,3)15-8(12)10-5-6-4-7(6)11(13)14/h6-7H,4-5H2,1-3H3,(H,10,12)/t6-,7+/m0/s1. The van der Waals surface area contributed by atoms with Gasteiger partial charge in [-0.1, -0.05) is 0 Å². The molecule has 0 radical (unpaired) electrons. The molecule has 1 N–H and O–H groups in total. The highest BCUT2D eigenvalue weighted by Gasteiger charge is 2.48. The zero-order chi connectivity index (χ0) is 11.6. The van der Waals surface area contributed by atoms with Crippen molar-refractivity contribution < 1.29 is 14.5 Å². The Kier molecular flexibility index (Phi) is 3.16. The lowest BCUT2D eigenvalue weighted by atomic mass is 10.2. The Labute approximate surface area is 88.1 Å². The number of alkyl carbamates (subject to hydrolysis) is 1. The molecule has 0 aromatic rings. The Morgan fingerprint density at radius 3 is 2.60 bits per heavy atom. The topological polar surface area (TPSA) is 81.5 Å². The molecule has 0 heterocycles. The maximum Gasteiger partial charge on any atom is 0.407 e. The van der Waals surface area contributed by atoms with Crippen LogP contribution in [0, 0.1) is 16.0 Å². The van der Waals surface area contributed by atoms with Crippen LogP contribution in [0.1, 0.15) is 27.2 Å². The van der Waals surface area contributed by atoms with Gasteiger partial charge in [-0.25, -0.2) is 4.79 Å². The number of nitro groups is 1.